The van der Waals surface area contributed by atoms with Gasteiger partial charge in [0, 0.05) is 49.5 Å². The zero-order chi connectivity index (χ0) is 20.4. The highest BCUT2D eigenvalue weighted by atomic mass is 35.5. The zero-order valence-electron chi connectivity index (χ0n) is 16.2. The fourth-order valence-corrected chi connectivity index (χ4v) is 4.03. The van der Waals surface area contributed by atoms with Gasteiger partial charge in [-0.3, -0.25) is 4.79 Å². The van der Waals surface area contributed by atoms with Crippen LogP contribution in [0.15, 0.2) is 30.5 Å². The van der Waals surface area contributed by atoms with E-state index in [1.165, 1.54) is 11.8 Å². The lowest BCUT2D eigenvalue weighted by Crippen LogP contribution is -2.49. The number of aromatic nitrogens is 1. The van der Waals surface area contributed by atoms with Crippen LogP contribution in [0.1, 0.15) is 22.3 Å². The van der Waals surface area contributed by atoms with E-state index in [2.05, 4.69) is 16.8 Å². The van der Waals surface area contributed by atoms with Gasteiger partial charge in [0.25, 0.3) is 5.91 Å². The Morgan fingerprint density at radius 3 is 2.69 bits per heavy atom. The molecule has 0 aliphatic carbocycles. The third-order valence-corrected chi connectivity index (χ3v) is 5.81. The molecule has 2 aromatic rings. The number of carbonyl (C=O) groups is 1. The molecule has 0 N–H and O–H groups in total. The molecule has 154 valence electrons. The van der Waals surface area contributed by atoms with Crippen molar-refractivity contribution in [2.75, 3.05) is 44.3 Å². The van der Waals surface area contributed by atoms with Crippen molar-refractivity contribution in [3.63, 3.8) is 0 Å². The maximum atomic E-state index is 12.9. The first-order chi connectivity index (χ1) is 14.0. The van der Waals surface area contributed by atoms with E-state index >= 15 is 0 Å². The Labute approximate surface area is 180 Å². The van der Waals surface area contributed by atoms with Gasteiger partial charge in [0.1, 0.15) is 11.1 Å². The molecule has 29 heavy (non-hydrogen) atoms. The summed E-state index contributed by atoms with van der Waals surface area (Å²) in [5.74, 6) is 0.276. The highest BCUT2D eigenvalue weighted by molar-refractivity contribution is 6.32. The molecule has 1 unspecified atom stereocenters. The van der Waals surface area contributed by atoms with E-state index in [1.54, 1.807) is 6.07 Å². The molecule has 4 rings (SSSR count). The molecule has 6 nitrogen and oxygen atoms in total. The van der Waals surface area contributed by atoms with Crippen LogP contribution >= 0.6 is 23.2 Å². The van der Waals surface area contributed by atoms with Crippen LogP contribution in [0.4, 0.5) is 5.69 Å². The summed E-state index contributed by atoms with van der Waals surface area (Å²) < 4.78 is 11.1. The summed E-state index contributed by atoms with van der Waals surface area (Å²) in [4.78, 5) is 21.2. The second-order valence-corrected chi connectivity index (χ2v) is 8.17. The van der Waals surface area contributed by atoms with Gasteiger partial charge in [-0.15, -0.1) is 0 Å². The predicted molar refractivity (Wildman–Crippen MR) is 113 cm³/mol. The minimum absolute atomic E-state index is 0.0374. The van der Waals surface area contributed by atoms with Crippen LogP contribution in [-0.4, -0.2) is 61.3 Å². The SMILES string of the molecule is Cc1ccc(Cl)cc1N1CCN(C(=O)c2cnc(OC3CCOC3)c(Cl)c2)CC1. The number of amides is 1. The van der Waals surface area contributed by atoms with E-state index in [4.69, 9.17) is 32.7 Å². The number of hydrogen-bond donors (Lipinski definition) is 0. The summed E-state index contributed by atoms with van der Waals surface area (Å²) in [7, 11) is 0. The lowest BCUT2D eigenvalue weighted by molar-refractivity contribution is 0.0746. The minimum Gasteiger partial charge on any atom is -0.471 e. The van der Waals surface area contributed by atoms with Crippen molar-refractivity contribution in [3.8, 4) is 5.88 Å². The van der Waals surface area contributed by atoms with Gasteiger partial charge in [0.15, 0.2) is 0 Å². The fraction of sp³-hybridized carbons (Fsp3) is 0.429. The Kier molecular flexibility index (Phi) is 6.13. The molecule has 8 heteroatoms. The van der Waals surface area contributed by atoms with Crippen molar-refractivity contribution in [3.05, 3.63) is 51.6 Å². The van der Waals surface area contributed by atoms with E-state index < -0.39 is 0 Å². The normalized spacial score (nSPS) is 19.5. The molecule has 3 heterocycles. The largest absolute Gasteiger partial charge is 0.471 e. The minimum atomic E-state index is -0.0717. The van der Waals surface area contributed by atoms with Crippen LogP contribution < -0.4 is 9.64 Å². The van der Waals surface area contributed by atoms with Crippen LogP contribution in [0, 0.1) is 6.92 Å². The van der Waals surface area contributed by atoms with Gasteiger partial charge in [-0.2, -0.15) is 0 Å². The second-order valence-electron chi connectivity index (χ2n) is 7.32. The lowest BCUT2D eigenvalue weighted by Gasteiger charge is -2.37. The Bertz CT molecular complexity index is 895. The highest BCUT2D eigenvalue weighted by Crippen LogP contribution is 2.27. The quantitative estimate of drug-likeness (QED) is 0.730. The standard InChI is InChI=1S/C21H23Cl2N3O3/c1-14-2-3-16(22)11-19(14)25-5-7-26(8-6-25)21(27)15-10-18(23)20(24-12-15)29-17-4-9-28-13-17/h2-3,10-12,17H,4-9,13H2,1H3. The molecule has 2 aliphatic rings. The summed E-state index contributed by atoms with van der Waals surface area (Å²) in [6, 6.07) is 7.52. The van der Waals surface area contributed by atoms with E-state index in [0.717, 1.165) is 30.2 Å². The third kappa shape index (κ3) is 4.60. The number of piperazine rings is 1. The van der Waals surface area contributed by atoms with Gasteiger partial charge >= 0.3 is 0 Å². The molecule has 0 saturated carbocycles. The predicted octanol–water partition coefficient (Wildman–Crippen LogP) is 3.83. The number of benzene rings is 1. The average Bonchev–Trinajstić information content (AvgIpc) is 3.24. The first-order valence-electron chi connectivity index (χ1n) is 9.71. The van der Waals surface area contributed by atoms with Crippen LogP contribution in [0.3, 0.4) is 0 Å². The summed E-state index contributed by atoms with van der Waals surface area (Å²) in [6.45, 7) is 6.03. The number of pyridine rings is 1. The molecular weight excluding hydrogens is 413 g/mol. The van der Waals surface area contributed by atoms with Gasteiger partial charge in [-0.05, 0) is 30.7 Å². The number of hydrogen-bond acceptors (Lipinski definition) is 5. The average molecular weight is 436 g/mol. The maximum Gasteiger partial charge on any atom is 0.255 e. The molecule has 0 spiro atoms. The Balaban J connectivity index is 1.39. The molecule has 2 saturated heterocycles. The molecule has 1 amide bonds. The van der Waals surface area contributed by atoms with Gasteiger partial charge in [-0.1, -0.05) is 29.3 Å². The van der Waals surface area contributed by atoms with Crippen LogP contribution in [0.2, 0.25) is 10.0 Å². The van der Waals surface area contributed by atoms with E-state index in [9.17, 15) is 4.79 Å². The van der Waals surface area contributed by atoms with Crippen LogP contribution in [0.25, 0.3) is 0 Å². The smallest absolute Gasteiger partial charge is 0.255 e. The third-order valence-electron chi connectivity index (χ3n) is 5.30. The molecule has 2 aliphatic heterocycles. The van der Waals surface area contributed by atoms with Gasteiger partial charge in [0.2, 0.25) is 5.88 Å². The highest BCUT2D eigenvalue weighted by Gasteiger charge is 2.25. The number of carbonyl (C=O) groups excluding carboxylic acids is 1. The zero-order valence-corrected chi connectivity index (χ0v) is 17.7. The van der Waals surface area contributed by atoms with E-state index in [-0.39, 0.29) is 12.0 Å². The van der Waals surface area contributed by atoms with Crippen molar-refractivity contribution in [2.24, 2.45) is 0 Å². The molecule has 1 aromatic carbocycles. The molecule has 0 bridgehead atoms. The Morgan fingerprint density at radius 1 is 1.21 bits per heavy atom. The van der Waals surface area contributed by atoms with E-state index in [0.29, 0.717) is 42.8 Å². The molecule has 2 fully saturated rings. The van der Waals surface area contributed by atoms with Crippen LogP contribution in [0.5, 0.6) is 5.88 Å². The van der Waals surface area contributed by atoms with Gasteiger partial charge in [-0.25, -0.2) is 4.98 Å². The van der Waals surface area contributed by atoms with Gasteiger partial charge in [0.05, 0.1) is 18.8 Å². The summed E-state index contributed by atoms with van der Waals surface area (Å²) in [6.07, 6.45) is 2.31. The molecule has 0 radical (unpaired) electrons. The number of nitrogens with zero attached hydrogens (tertiary/aromatic N) is 3. The molecule has 1 atom stereocenters. The van der Waals surface area contributed by atoms with Crippen molar-refractivity contribution in [1.82, 2.24) is 9.88 Å². The van der Waals surface area contributed by atoms with E-state index in [1.807, 2.05) is 23.1 Å². The number of aryl methyl sites for hydroxylation is 1. The lowest BCUT2D eigenvalue weighted by atomic mass is 10.1. The number of halogens is 2. The van der Waals surface area contributed by atoms with Crippen molar-refractivity contribution < 1.29 is 14.3 Å². The van der Waals surface area contributed by atoms with Crippen molar-refractivity contribution >= 4 is 34.8 Å². The Hall–Kier alpha value is -2.02. The number of anilines is 1. The number of ether oxygens (including phenoxy) is 2. The second kappa shape index (κ2) is 8.78. The fourth-order valence-electron chi connectivity index (χ4n) is 3.65. The van der Waals surface area contributed by atoms with Crippen molar-refractivity contribution in [2.45, 2.75) is 19.4 Å². The maximum absolute atomic E-state index is 12.9. The molecular formula is C21H23Cl2N3O3. The topological polar surface area (TPSA) is 54.9 Å². The summed E-state index contributed by atoms with van der Waals surface area (Å²) in [5, 5.41) is 1.06. The van der Waals surface area contributed by atoms with Gasteiger partial charge < -0.3 is 19.3 Å². The summed E-state index contributed by atoms with van der Waals surface area (Å²) in [5.41, 5.74) is 2.76. The number of rotatable bonds is 4. The molecule has 1 aromatic heterocycles. The Morgan fingerprint density at radius 2 is 2.00 bits per heavy atom. The van der Waals surface area contributed by atoms with Crippen molar-refractivity contribution in [1.29, 1.82) is 0 Å². The summed E-state index contributed by atoms with van der Waals surface area (Å²) >= 11 is 12.5. The first kappa shape index (κ1) is 20.3. The monoisotopic (exact) mass is 435 g/mol. The van der Waals surface area contributed by atoms with Crippen LogP contribution in [-0.2, 0) is 4.74 Å². The first-order valence-corrected chi connectivity index (χ1v) is 10.5.